The fourth-order valence-corrected chi connectivity index (χ4v) is 1.16. The zero-order chi connectivity index (χ0) is 12.1. The monoisotopic (exact) mass is 223 g/mol. The van der Waals surface area contributed by atoms with E-state index in [0.717, 1.165) is 0 Å². The fraction of sp³-hybridized carbons (Fsp3) is 0.500. The van der Waals surface area contributed by atoms with Crippen LogP contribution >= 0.6 is 0 Å². The molecule has 1 N–H and O–H groups in total. The van der Waals surface area contributed by atoms with Gasteiger partial charge in [0.15, 0.2) is 5.69 Å². The minimum Gasteiger partial charge on any atom is -0.477 e. The molecule has 1 heterocycles. The Morgan fingerprint density at radius 2 is 2.19 bits per heavy atom. The minimum absolute atomic E-state index is 0.0680. The van der Waals surface area contributed by atoms with Crippen LogP contribution in [-0.2, 0) is 11.3 Å². The molecule has 88 valence electrons. The summed E-state index contributed by atoms with van der Waals surface area (Å²) in [5, 5.41) is 8.92. The van der Waals surface area contributed by atoms with Crippen molar-refractivity contribution < 1.29 is 14.6 Å². The zero-order valence-electron chi connectivity index (χ0n) is 9.80. The van der Waals surface area contributed by atoms with Crippen LogP contribution < -0.4 is 0 Å². The number of rotatable bonds is 5. The Bertz CT molecular complexity index is 363. The number of pyridine rings is 1. The summed E-state index contributed by atoms with van der Waals surface area (Å²) in [7, 11) is 0. The lowest BCUT2D eigenvalue weighted by molar-refractivity contribution is 0.0225. The molecule has 1 atom stereocenters. The Kier molecular flexibility index (Phi) is 4.43. The van der Waals surface area contributed by atoms with Crippen LogP contribution in [0.3, 0.4) is 0 Å². The summed E-state index contributed by atoms with van der Waals surface area (Å²) in [5.74, 6) is -0.610. The Labute approximate surface area is 95.3 Å². The number of aromatic nitrogens is 1. The maximum atomic E-state index is 10.9. The third kappa shape index (κ3) is 3.31. The van der Waals surface area contributed by atoms with Crippen LogP contribution in [0.1, 0.15) is 36.8 Å². The highest BCUT2D eigenvalue weighted by molar-refractivity contribution is 5.86. The molecular formula is C12H17NO3. The van der Waals surface area contributed by atoms with Crippen molar-refractivity contribution in [1.82, 2.24) is 4.98 Å². The average Bonchev–Trinajstić information content (AvgIpc) is 2.25. The van der Waals surface area contributed by atoms with Gasteiger partial charge in [-0.2, -0.15) is 0 Å². The molecule has 0 aliphatic carbocycles. The third-order valence-corrected chi connectivity index (χ3v) is 2.53. The van der Waals surface area contributed by atoms with Gasteiger partial charge in [-0.3, -0.25) is 0 Å². The summed E-state index contributed by atoms with van der Waals surface area (Å²) in [4.78, 5) is 14.7. The van der Waals surface area contributed by atoms with Crippen LogP contribution in [0.5, 0.6) is 0 Å². The summed E-state index contributed by atoms with van der Waals surface area (Å²) >= 11 is 0. The first-order chi connectivity index (χ1) is 7.52. The standard InChI is InChI=1S/C12H17NO3/c1-8(2)9(3)16-7-10-5-4-6-13-11(10)12(14)15/h4-6,8-9H,7H2,1-3H3,(H,14,15). The predicted octanol–water partition coefficient (Wildman–Crippen LogP) is 2.34. The van der Waals surface area contributed by atoms with Gasteiger partial charge < -0.3 is 9.84 Å². The molecule has 4 nitrogen and oxygen atoms in total. The van der Waals surface area contributed by atoms with Gasteiger partial charge in [-0.1, -0.05) is 19.9 Å². The highest BCUT2D eigenvalue weighted by Gasteiger charge is 2.13. The van der Waals surface area contributed by atoms with Crippen LogP contribution in [0.2, 0.25) is 0 Å². The second-order valence-corrected chi connectivity index (χ2v) is 4.08. The van der Waals surface area contributed by atoms with E-state index in [0.29, 0.717) is 11.5 Å². The van der Waals surface area contributed by atoms with Crippen molar-refractivity contribution in [3.8, 4) is 0 Å². The number of hydrogen-bond acceptors (Lipinski definition) is 3. The molecule has 1 aromatic heterocycles. The maximum absolute atomic E-state index is 10.9. The van der Waals surface area contributed by atoms with Crippen molar-refractivity contribution in [3.63, 3.8) is 0 Å². The Balaban J connectivity index is 2.70. The molecule has 1 aromatic rings. The zero-order valence-corrected chi connectivity index (χ0v) is 9.80. The maximum Gasteiger partial charge on any atom is 0.354 e. The van der Waals surface area contributed by atoms with E-state index in [-0.39, 0.29) is 18.4 Å². The molecule has 0 bridgehead atoms. The molecule has 0 amide bonds. The van der Waals surface area contributed by atoms with Crippen LogP contribution in [0.15, 0.2) is 18.3 Å². The van der Waals surface area contributed by atoms with Crippen molar-refractivity contribution >= 4 is 5.97 Å². The average molecular weight is 223 g/mol. The minimum atomic E-state index is -1.02. The highest BCUT2D eigenvalue weighted by Crippen LogP contribution is 2.12. The van der Waals surface area contributed by atoms with Crippen LogP contribution in [0, 0.1) is 5.92 Å². The van der Waals surface area contributed by atoms with E-state index >= 15 is 0 Å². The van der Waals surface area contributed by atoms with Crippen molar-refractivity contribution in [2.24, 2.45) is 5.92 Å². The number of hydrogen-bond donors (Lipinski definition) is 1. The normalized spacial score (nSPS) is 12.8. The van der Waals surface area contributed by atoms with Crippen molar-refractivity contribution in [2.75, 3.05) is 0 Å². The summed E-state index contributed by atoms with van der Waals surface area (Å²) in [5.41, 5.74) is 0.681. The van der Waals surface area contributed by atoms with E-state index in [1.807, 2.05) is 6.92 Å². The number of nitrogens with zero attached hydrogens (tertiary/aromatic N) is 1. The van der Waals surface area contributed by atoms with Gasteiger partial charge in [-0.05, 0) is 18.9 Å². The fourth-order valence-electron chi connectivity index (χ4n) is 1.16. The Morgan fingerprint density at radius 3 is 2.75 bits per heavy atom. The number of carbonyl (C=O) groups is 1. The second-order valence-electron chi connectivity index (χ2n) is 4.08. The van der Waals surface area contributed by atoms with Gasteiger partial charge >= 0.3 is 5.97 Å². The van der Waals surface area contributed by atoms with Gasteiger partial charge in [0.1, 0.15) is 0 Å². The summed E-state index contributed by atoms with van der Waals surface area (Å²) in [6.07, 6.45) is 1.57. The first kappa shape index (κ1) is 12.6. The smallest absolute Gasteiger partial charge is 0.354 e. The molecule has 16 heavy (non-hydrogen) atoms. The van der Waals surface area contributed by atoms with E-state index in [9.17, 15) is 4.79 Å². The number of carboxylic acids is 1. The first-order valence-corrected chi connectivity index (χ1v) is 5.31. The summed E-state index contributed by atoms with van der Waals surface area (Å²) in [6.45, 7) is 6.38. The third-order valence-electron chi connectivity index (χ3n) is 2.53. The van der Waals surface area contributed by atoms with Crippen molar-refractivity contribution in [2.45, 2.75) is 33.5 Å². The molecule has 4 heteroatoms. The highest BCUT2D eigenvalue weighted by atomic mass is 16.5. The van der Waals surface area contributed by atoms with Crippen molar-refractivity contribution in [3.05, 3.63) is 29.6 Å². The van der Waals surface area contributed by atoms with E-state index in [2.05, 4.69) is 18.8 Å². The topological polar surface area (TPSA) is 59.4 Å². The lowest BCUT2D eigenvalue weighted by Crippen LogP contribution is -2.16. The van der Waals surface area contributed by atoms with Gasteiger partial charge in [-0.25, -0.2) is 9.78 Å². The molecule has 0 radical (unpaired) electrons. The summed E-state index contributed by atoms with van der Waals surface area (Å²) in [6, 6.07) is 3.44. The largest absolute Gasteiger partial charge is 0.477 e. The Morgan fingerprint density at radius 1 is 1.50 bits per heavy atom. The van der Waals surface area contributed by atoms with E-state index in [1.165, 1.54) is 6.20 Å². The van der Waals surface area contributed by atoms with Gasteiger partial charge in [0.05, 0.1) is 12.7 Å². The van der Waals surface area contributed by atoms with Gasteiger partial charge in [-0.15, -0.1) is 0 Å². The lowest BCUT2D eigenvalue weighted by Gasteiger charge is -2.16. The molecule has 0 aliphatic rings. The lowest BCUT2D eigenvalue weighted by atomic mass is 10.1. The van der Waals surface area contributed by atoms with Crippen LogP contribution in [0.4, 0.5) is 0 Å². The Hall–Kier alpha value is -1.42. The predicted molar refractivity (Wildman–Crippen MR) is 60.3 cm³/mol. The number of ether oxygens (including phenoxy) is 1. The van der Waals surface area contributed by atoms with Gasteiger partial charge in [0, 0.05) is 11.8 Å². The van der Waals surface area contributed by atoms with Crippen LogP contribution in [0.25, 0.3) is 0 Å². The summed E-state index contributed by atoms with van der Waals surface area (Å²) < 4.78 is 5.58. The first-order valence-electron chi connectivity index (χ1n) is 5.31. The van der Waals surface area contributed by atoms with E-state index < -0.39 is 5.97 Å². The number of carboxylic acid groups (broad SMARTS) is 1. The van der Waals surface area contributed by atoms with Crippen LogP contribution in [-0.4, -0.2) is 22.2 Å². The van der Waals surface area contributed by atoms with Gasteiger partial charge in [0.25, 0.3) is 0 Å². The van der Waals surface area contributed by atoms with E-state index in [1.54, 1.807) is 12.1 Å². The SMILES string of the molecule is CC(C)C(C)OCc1cccnc1C(=O)O. The molecule has 0 saturated carbocycles. The molecule has 1 rings (SSSR count). The van der Waals surface area contributed by atoms with E-state index in [4.69, 9.17) is 9.84 Å². The molecular weight excluding hydrogens is 206 g/mol. The molecule has 0 aliphatic heterocycles. The molecule has 0 saturated heterocycles. The molecule has 0 fully saturated rings. The molecule has 1 unspecified atom stereocenters. The quantitative estimate of drug-likeness (QED) is 0.832. The number of aromatic carboxylic acids is 1. The molecule has 0 aromatic carbocycles. The second kappa shape index (κ2) is 5.61. The van der Waals surface area contributed by atoms with Gasteiger partial charge in [0.2, 0.25) is 0 Å². The van der Waals surface area contributed by atoms with Crippen molar-refractivity contribution in [1.29, 1.82) is 0 Å². The molecule has 0 spiro atoms.